The van der Waals surface area contributed by atoms with E-state index < -0.39 is 21.5 Å². The molecule has 0 spiro atoms. The van der Waals surface area contributed by atoms with Gasteiger partial charge in [-0.1, -0.05) is 6.92 Å². The summed E-state index contributed by atoms with van der Waals surface area (Å²) in [6, 6.07) is 11.0. The van der Waals surface area contributed by atoms with E-state index in [2.05, 4.69) is 35.5 Å². The van der Waals surface area contributed by atoms with E-state index in [1.807, 2.05) is 6.92 Å². The van der Waals surface area contributed by atoms with E-state index in [-0.39, 0.29) is 40.5 Å². The molecule has 6 aromatic rings. The fraction of sp³-hybridized carbons (Fsp3) is 0.194. The van der Waals surface area contributed by atoms with E-state index in [9.17, 15) is 17.6 Å². The number of hydrogen-bond acceptors (Lipinski definition) is 7. The van der Waals surface area contributed by atoms with Crippen LogP contribution in [0, 0.1) is 11.6 Å². The largest absolute Gasteiger partial charge is 0.336 e. The Morgan fingerprint density at radius 3 is 2.64 bits per heavy atom. The Bertz CT molecular complexity index is 2160. The molecule has 0 saturated heterocycles. The molecule has 1 amide bonds. The number of benzene rings is 2. The molecule has 0 atom stereocenters. The van der Waals surface area contributed by atoms with Crippen LogP contribution in [0.15, 0.2) is 61.1 Å². The van der Waals surface area contributed by atoms with Crippen molar-refractivity contribution in [2.45, 2.75) is 26.2 Å². The zero-order chi connectivity index (χ0) is 31.0. The molecule has 13 heteroatoms. The van der Waals surface area contributed by atoms with Crippen LogP contribution in [-0.4, -0.2) is 56.5 Å². The van der Waals surface area contributed by atoms with Gasteiger partial charge in [0, 0.05) is 41.8 Å². The molecule has 0 bridgehead atoms. The lowest BCUT2D eigenvalue weighted by Crippen LogP contribution is -2.10. The number of carbonyl (C=O) groups is 1. The highest BCUT2D eigenvalue weighted by Gasteiger charge is 2.21. The number of carbonyl (C=O) groups excluding carboxylic acids is 1. The van der Waals surface area contributed by atoms with Gasteiger partial charge in [-0.05, 0) is 60.9 Å². The van der Waals surface area contributed by atoms with Gasteiger partial charge >= 0.3 is 0 Å². The first-order valence-electron chi connectivity index (χ1n) is 13.8. The summed E-state index contributed by atoms with van der Waals surface area (Å²) in [4.78, 5) is 28.5. The van der Waals surface area contributed by atoms with Gasteiger partial charge in [-0.3, -0.25) is 19.9 Å². The third-order valence-corrected chi connectivity index (χ3v) is 8.04. The topological polar surface area (TPSA) is 146 Å². The number of nitrogens with one attached hydrogen (secondary N) is 3. The molecule has 4 aromatic heterocycles. The Hall–Kier alpha value is -5.04. The van der Waals surface area contributed by atoms with E-state index in [4.69, 9.17) is 0 Å². The summed E-state index contributed by atoms with van der Waals surface area (Å²) >= 11 is 0. The molecule has 0 aliphatic rings. The molecule has 3 N–H and O–H groups in total. The summed E-state index contributed by atoms with van der Waals surface area (Å²) in [5.74, 6) is -1.08. The quantitative estimate of drug-likeness (QED) is 0.185. The zero-order valence-electron chi connectivity index (χ0n) is 23.8. The third-order valence-electron chi connectivity index (χ3n) is 7.09. The van der Waals surface area contributed by atoms with Crippen molar-refractivity contribution in [2.24, 2.45) is 0 Å². The van der Waals surface area contributed by atoms with Crippen molar-refractivity contribution in [3.63, 3.8) is 0 Å². The maximum atomic E-state index is 16.2. The monoisotopic (exact) mass is 615 g/mol. The van der Waals surface area contributed by atoms with Gasteiger partial charge in [0.25, 0.3) is 0 Å². The molecule has 44 heavy (non-hydrogen) atoms. The zero-order valence-corrected chi connectivity index (χ0v) is 24.6. The van der Waals surface area contributed by atoms with Crippen LogP contribution in [0.1, 0.15) is 25.3 Å². The van der Waals surface area contributed by atoms with E-state index in [0.29, 0.717) is 57.5 Å². The molecular formula is C31H27F2N7O3S. The first kappa shape index (κ1) is 29.1. The van der Waals surface area contributed by atoms with Gasteiger partial charge in [-0.2, -0.15) is 5.10 Å². The average molecular weight is 616 g/mol. The fourth-order valence-electron chi connectivity index (χ4n) is 5.07. The molecule has 224 valence electrons. The predicted molar refractivity (Wildman–Crippen MR) is 165 cm³/mol. The SMILES string of the molecule is CCCC(=O)Nc1cncc(-c2ccc3[nH]nc(-c4nc5c(-c6cc(F)cc(CCS(C)(=O)=O)c6)nccc5[nH]4)c3c2F)c1. The number of aromatic amines is 2. The highest BCUT2D eigenvalue weighted by atomic mass is 32.2. The molecule has 0 unspecified atom stereocenters. The lowest BCUT2D eigenvalue weighted by atomic mass is 10.0. The van der Waals surface area contributed by atoms with Crippen LogP contribution >= 0.6 is 0 Å². The van der Waals surface area contributed by atoms with Gasteiger partial charge in [0.15, 0.2) is 5.82 Å². The van der Waals surface area contributed by atoms with Crippen molar-refractivity contribution in [2.75, 3.05) is 17.3 Å². The number of amides is 1. The summed E-state index contributed by atoms with van der Waals surface area (Å²) in [5, 5.41) is 10.2. The van der Waals surface area contributed by atoms with Crippen LogP contribution in [0.2, 0.25) is 0 Å². The number of nitrogens with zero attached hydrogens (tertiary/aromatic N) is 4. The van der Waals surface area contributed by atoms with Gasteiger partial charge in [-0.15, -0.1) is 0 Å². The molecule has 0 saturated carbocycles. The smallest absolute Gasteiger partial charge is 0.224 e. The normalized spacial score (nSPS) is 11.8. The third kappa shape index (κ3) is 5.91. The summed E-state index contributed by atoms with van der Waals surface area (Å²) in [5.41, 5.74) is 4.16. The molecule has 4 heterocycles. The Morgan fingerprint density at radius 1 is 1.00 bits per heavy atom. The molecule has 10 nitrogen and oxygen atoms in total. The number of pyridine rings is 2. The molecule has 0 fully saturated rings. The van der Waals surface area contributed by atoms with Crippen molar-refractivity contribution < 1.29 is 22.0 Å². The van der Waals surface area contributed by atoms with Crippen LogP contribution in [0.25, 0.3) is 55.8 Å². The number of fused-ring (bicyclic) bond motifs is 2. The Morgan fingerprint density at radius 2 is 1.84 bits per heavy atom. The second-order valence-corrected chi connectivity index (χ2v) is 12.8. The van der Waals surface area contributed by atoms with Crippen LogP contribution < -0.4 is 5.32 Å². The fourth-order valence-corrected chi connectivity index (χ4v) is 5.67. The number of sulfone groups is 1. The van der Waals surface area contributed by atoms with Crippen molar-refractivity contribution in [3.8, 4) is 33.9 Å². The van der Waals surface area contributed by atoms with Crippen LogP contribution in [-0.2, 0) is 21.1 Å². The van der Waals surface area contributed by atoms with Gasteiger partial charge in [0.2, 0.25) is 5.91 Å². The van der Waals surface area contributed by atoms with Gasteiger partial charge in [0.05, 0.1) is 39.8 Å². The van der Waals surface area contributed by atoms with Crippen LogP contribution in [0.4, 0.5) is 14.5 Å². The van der Waals surface area contributed by atoms with E-state index in [1.165, 1.54) is 24.5 Å². The minimum Gasteiger partial charge on any atom is -0.336 e. The summed E-state index contributed by atoms with van der Waals surface area (Å²) in [6.07, 6.45) is 6.90. The van der Waals surface area contributed by atoms with Crippen molar-refractivity contribution in [3.05, 3.63) is 78.3 Å². The highest BCUT2D eigenvalue weighted by Crippen LogP contribution is 2.35. The number of imidazole rings is 1. The Balaban J connectivity index is 1.40. The number of anilines is 1. The number of halogens is 2. The Labute approximate surface area is 250 Å². The molecule has 2 aromatic carbocycles. The number of aryl methyl sites for hydroxylation is 1. The Kier molecular flexibility index (Phi) is 7.64. The minimum absolute atomic E-state index is 0.117. The molecule has 0 aliphatic carbocycles. The average Bonchev–Trinajstić information content (AvgIpc) is 3.61. The first-order valence-corrected chi connectivity index (χ1v) is 15.9. The number of hydrogen-bond donors (Lipinski definition) is 3. The lowest BCUT2D eigenvalue weighted by molar-refractivity contribution is -0.116. The van der Waals surface area contributed by atoms with E-state index in [0.717, 1.165) is 6.26 Å². The maximum Gasteiger partial charge on any atom is 0.224 e. The van der Waals surface area contributed by atoms with Gasteiger partial charge in [0.1, 0.15) is 32.7 Å². The summed E-state index contributed by atoms with van der Waals surface area (Å²) < 4.78 is 54.1. The second-order valence-electron chi connectivity index (χ2n) is 10.6. The first-order chi connectivity index (χ1) is 21.1. The van der Waals surface area contributed by atoms with Crippen LogP contribution in [0.3, 0.4) is 0 Å². The summed E-state index contributed by atoms with van der Waals surface area (Å²) in [6.45, 7) is 1.91. The minimum atomic E-state index is -3.24. The number of aromatic nitrogens is 6. The standard InChI is InChI=1S/C31H27F2N7O3S/c1-3-4-25(41)36-21-14-19(15-34-16-21)22-5-6-23-26(27(22)33)30(40-39-23)31-37-24-7-9-35-28(29(24)38-31)18-11-17(12-20(32)13-18)8-10-44(2,42)43/h5-7,9,11-16H,3-4,8,10H2,1-2H3,(H,36,41)(H,37,38)(H,39,40). The molecule has 0 radical (unpaired) electrons. The van der Waals surface area contributed by atoms with E-state index in [1.54, 1.807) is 36.5 Å². The molecule has 6 rings (SSSR count). The van der Waals surface area contributed by atoms with Crippen molar-refractivity contribution in [1.29, 1.82) is 0 Å². The highest BCUT2D eigenvalue weighted by molar-refractivity contribution is 7.90. The second kappa shape index (κ2) is 11.6. The molecule has 0 aliphatic heterocycles. The molecular weight excluding hydrogens is 588 g/mol. The van der Waals surface area contributed by atoms with Gasteiger partial charge < -0.3 is 10.3 Å². The number of H-pyrrole nitrogens is 2. The summed E-state index contributed by atoms with van der Waals surface area (Å²) in [7, 11) is -3.24. The maximum absolute atomic E-state index is 16.2. The van der Waals surface area contributed by atoms with Gasteiger partial charge in [-0.25, -0.2) is 22.2 Å². The lowest BCUT2D eigenvalue weighted by Gasteiger charge is -2.08. The van der Waals surface area contributed by atoms with Crippen molar-refractivity contribution in [1.82, 2.24) is 30.1 Å². The van der Waals surface area contributed by atoms with Crippen LogP contribution in [0.5, 0.6) is 0 Å². The number of rotatable bonds is 9. The van der Waals surface area contributed by atoms with E-state index >= 15 is 4.39 Å². The van der Waals surface area contributed by atoms with Crippen molar-refractivity contribution >= 4 is 43.4 Å². The predicted octanol–water partition coefficient (Wildman–Crippen LogP) is 5.83.